The van der Waals surface area contributed by atoms with Gasteiger partial charge in [0.05, 0.1) is 18.8 Å². The van der Waals surface area contributed by atoms with Crippen molar-refractivity contribution >= 4 is 0 Å². The first kappa shape index (κ1) is 8.72. The number of nitrogens with zero attached hydrogens (tertiary/aromatic N) is 1. The Morgan fingerprint density at radius 2 is 2.33 bits per heavy atom. The van der Waals surface area contributed by atoms with Crippen molar-refractivity contribution < 1.29 is 5.11 Å². The molecule has 1 rings (SSSR count). The fourth-order valence-corrected chi connectivity index (χ4v) is 0.745. The second kappa shape index (κ2) is 4.50. The van der Waals surface area contributed by atoms with Gasteiger partial charge in [-0.2, -0.15) is 0 Å². The van der Waals surface area contributed by atoms with Crippen LogP contribution in [-0.4, -0.2) is 16.6 Å². The topological polar surface area (TPSA) is 59.1 Å². The van der Waals surface area contributed by atoms with E-state index in [1.807, 2.05) is 0 Å². The molecule has 0 atom stereocenters. The third-order valence-electron chi connectivity index (χ3n) is 1.32. The SMILES string of the molecule is NCC#Cc1ccc(CO)nc1. The summed E-state index contributed by atoms with van der Waals surface area (Å²) in [7, 11) is 0. The minimum atomic E-state index is -0.0371. The lowest BCUT2D eigenvalue weighted by Gasteiger charge is -1.93. The molecule has 12 heavy (non-hydrogen) atoms. The van der Waals surface area contributed by atoms with E-state index < -0.39 is 0 Å². The molecule has 0 fully saturated rings. The average molecular weight is 162 g/mol. The lowest BCUT2D eigenvalue weighted by molar-refractivity contribution is 0.277. The van der Waals surface area contributed by atoms with E-state index in [0.717, 1.165) is 5.56 Å². The van der Waals surface area contributed by atoms with E-state index in [2.05, 4.69) is 16.8 Å². The quantitative estimate of drug-likeness (QED) is 0.566. The van der Waals surface area contributed by atoms with Gasteiger partial charge in [-0.15, -0.1) is 0 Å². The number of aromatic nitrogens is 1. The molecule has 3 N–H and O–H groups in total. The molecular weight excluding hydrogens is 152 g/mol. The number of hydrogen-bond acceptors (Lipinski definition) is 3. The van der Waals surface area contributed by atoms with Crippen LogP contribution in [0, 0.1) is 11.8 Å². The maximum Gasteiger partial charge on any atom is 0.0852 e. The first-order chi connectivity index (χ1) is 5.86. The average Bonchev–Trinajstić information content (AvgIpc) is 2.15. The number of aliphatic hydroxyl groups excluding tert-OH is 1. The molecule has 0 bridgehead atoms. The molecule has 0 spiro atoms. The van der Waals surface area contributed by atoms with Gasteiger partial charge < -0.3 is 10.8 Å². The summed E-state index contributed by atoms with van der Waals surface area (Å²) in [5.41, 5.74) is 6.66. The van der Waals surface area contributed by atoms with Crippen LogP contribution in [0.5, 0.6) is 0 Å². The van der Waals surface area contributed by atoms with Crippen molar-refractivity contribution in [2.75, 3.05) is 6.54 Å². The van der Waals surface area contributed by atoms with Crippen molar-refractivity contribution in [2.45, 2.75) is 6.61 Å². The van der Waals surface area contributed by atoms with Crippen LogP contribution in [0.15, 0.2) is 18.3 Å². The molecule has 0 saturated carbocycles. The van der Waals surface area contributed by atoms with Crippen molar-refractivity contribution in [3.63, 3.8) is 0 Å². The summed E-state index contributed by atoms with van der Waals surface area (Å²) >= 11 is 0. The third-order valence-corrected chi connectivity index (χ3v) is 1.32. The molecule has 0 unspecified atom stereocenters. The maximum absolute atomic E-state index is 8.69. The molecule has 3 heteroatoms. The smallest absolute Gasteiger partial charge is 0.0852 e. The summed E-state index contributed by atoms with van der Waals surface area (Å²) in [6.07, 6.45) is 1.62. The Hall–Kier alpha value is -1.37. The van der Waals surface area contributed by atoms with Crippen LogP contribution in [0.2, 0.25) is 0 Å². The van der Waals surface area contributed by atoms with Crippen LogP contribution >= 0.6 is 0 Å². The second-order valence-corrected chi connectivity index (χ2v) is 2.20. The summed E-state index contributed by atoms with van der Waals surface area (Å²) < 4.78 is 0. The summed E-state index contributed by atoms with van der Waals surface area (Å²) in [6.45, 7) is 0.312. The molecule has 3 nitrogen and oxygen atoms in total. The molecule has 62 valence electrons. The summed E-state index contributed by atoms with van der Waals surface area (Å²) in [4.78, 5) is 3.96. The maximum atomic E-state index is 8.69. The minimum Gasteiger partial charge on any atom is -0.390 e. The molecule has 0 aliphatic carbocycles. The molecule has 0 aliphatic rings. The summed E-state index contributed by atoms with van der Waals surface area (Å²) in [5, 5.41) is 8.69. The first-order valence-corrected chi connectivity index (χ1v) is 3.61. The lowest BCUT2D eigenvalue weighted by atomic mass is 10.2. The monoisotopic (exact) mass is 162 g/mol. The van der Waals surface area contributed by atoms with Crippen LogP contribution in [-0.2, 0) is 6.61 Å². The third kappa shape index (κ3) is 2.35. The van der Waals surface area contributed by atoms with Crippen LogP contribution in [0.4, 0.5) is 0 Å². The van der Waals surface area contributed by atoms with Gasteiger partial charge in [-0.05, 0) is 12.1 Å². The van der Waals surface area contributed by atoms with Gasteiger partial charge in [-0.1, -0.05) is 11.8 Å². The number of aliphatic hydroxyl groups is 1. The highest BCUT2D eigenvalue weighted by Crippen LogP contribution is 1.97. The van der Waals surface area contributed by atoms with Crippen molar-refractivity contribution in [3.05, 3.63) is 29.6 Å². The predicted molar refractivity (Wildman–Crippen MR) is 46.1 cm³/mol. The zero-order valence-corrected chi connectivity index (χ0v) is 6.62. The fourth-order valence-electron chi connectivity index (χ4n) is 0.745. The van der Waals surface area contributed by atoms with Gasteiger partial charge in [0.25, 0.3) is 0 Å². The van der Waals surface area contributed by atoms with Crippen molar-refractivity contribution in [1.82, 2.24) is 4.98 Å². The van der Waals surface area contributed by atoms with Gasteiger partial charge in [-0.3, -0.25) is 4.98 Å². The van der Waals surface area contributed by atoms with Gasteiger partial charge in [0.1, 0.15) is 0 Å². The molecule has 0 aliphatic heterocycles. The Morgan fingerprint density at radius 1 is 1.50 bits per heavy atom. The molecule has 0 aromatic carbocycles. The van der Waals surface area contributed by atoms with Crippen LogP contribution in [0.3, 0.4) is 0 Å². The Labute approximate surface area is 71.2 Å². The second-order valence-electron chi connectivity index (χ2n) is 2.20. The molecule has 0 radical (unpaired) electrons. The van der Waals surface area contributed by atoms with E-state index in [4.69, 9.17) is 10.8 Å². The highest BCUT2D eigenvalue weighted by Gasteiger charge is 1.90. The molecule has 1 heterocycles. The normalized spacial score (nSPS) is 8.83. The Balaban J connectivity index is 2.78. The van der Waals surface area contributed by atoms with Crippen molar-refractivity contribution in [2.24, 2.45) is 5.73 Å². The van der Waals surface area contributed by atoms with Crippen LogP contribution in [0.1, 0.15) is 11.3 Å². The van der Waals surface area contributed by atoms with E-state index in [9.17, 15) is 0 Å². The number of rotatable bonds is 1. The highest BCUT2D eigenvalue weighted by atomic mass is 16.3. The zero-order chi connectivity index (χ0) is 8.81. The van der Waals surface area contributed by atoms with Gasteiger partial charge in [0.2, 0.25) is 0 Å². The molecule has 0 saturated heterocycles. The number of hydrogen-bond donors (Lipinski definition) is 2. The van der Waals surface area contributed by atoms with Gasteiger partial charge in [-0.25, -0.2) is 0 Å². The standard InChI is InChI=1S/C9H10N2O/c10-5-1-2-8-3-4-9(7-12)11-6-8/h3-4,6,12H,5,7,10H2. The highest BCUT2D eigenvalue weighted by molar-refractivity contribution is 5.32. The van der Waals surface area contributed by atoms with E-state index in [1.165, 1.54) is 0 Å². The van der Waals surface area contributed by atoms with E-state index in [1.54, 1.807) is 18.3 Å². The summed E-state index contributed by atoms with van der Waals surface area (Å²) in [5.74, 6) is 5.55. The van der Waals surface area contributed by atoms with E-state index in [-0.39, 0.29) is 6.61 Å². The van der Waals surface area contributed by atoms with Crippen LogP contribution in [0.25, 0.3) is 0 Å². The lowest BCUT2D eigenvalue weighted by Crippen LogP contribution is -1.93. The summed E-state index contributed by atoms with van der Waals surface area (Å²) in [6, 6.07) is 3.54. The Morgan fingerprint density at radius 3 is 2.83 bits per heavy atom. The van der Waals surface area contributed by atoms with Gasteiger partial charge in [0, 0.05) is 11.8 Å². The fraction of sp³-hybridized carbons (Fsp3) is 0.222. The number of pyridine rings is 1. The zero-order valence-electron chi connectivity index (χ0n) is 6.62. The molecule has 0 amide bonds. The Kier molecular flexibility index (Phi) is 3.27. The molecule has 1 aromatic heterocycles. The first-order valence-electron chi connectivity index (χ1n) is 3.61. The van der Waals surface area contributed by atoms with Crippen molar-refractivity contribution in [3.8, 4) is 11.8 Å². The predicted octanol–water partition coefficient (Wildman–Crippen LogP) is -0.116. The minimum absolute atomic E-state index is 0.0371. The Bertz CT molecular complexity index is 295. The molecule has 1 aromatic rings. The number of nitrogens with two attached hydrogens (primary N) is 1. The van der Waals surface area contributed by atoms with Gasteiger partial charge in [0.15, 0.2) is 0 Å². The van der Waals surface area contributed by atoms with Crippen LogP contribution < -0.4 is 5.73 Å². The van der Waals surface area contributed by atoms with Crippen molar-refractivity contribution in [1.29, 1.82) is 0 Å². The van der Waals surface area contributed by atoms with Gasteiger partial charge >= 0.3 is 0 Å². The van der Waals surface area contributed by atoms with E-state index in [0.29, 0.717) is 12.2 Å². The van der Waals surface area contributed by atoms with E-state index >= 15 is 0 Å². The molecular formula is C9H10N2O. The largest absolute Gasteiger partial charge is 0.390 e.